The first kappa shape index (κ1) is 10.3. The van der Waals surface area contributed by atoms with Gasteiger partial charge in [-0.25, -0.2) is 4.98 Å². The Bertz CT molecular complexity index is 255. The zero-order valence-electron chi connectivity index (χ0n) is 8.79. The van der Waals surface area contributed by atoms with Gasteiger partial charge in [0.2, 0.25) is 5.89 Å². The van der Waals surface area contributed by atoms with Gasteiger partial charge in [0.05, 0.1) is 12.2 Å². The molecule has 0 bridgehead atoms. The summed E-state index contributed by atoms with van der Waals surface area (Å²) in [6.45, 7) is 9.32. The Balaban J connectivity index is 2.44. The van der Waals surface area contributed by atoms with Crippen molar-refractivity contribution in [3.05, 3.63) is 17.8 Å². The second-order valence-corrected chi connectivity index (χ2v) is 3.83. The Hall–Kier alpha value is -0.830. The van der Waals surface area contributed by atoms with E-state index in [1.165, 1.54) is 0 Å². The van der Waals surface area contributed by atoms with Gasteiger partial charge >= 0.3 is 0 Å². The van der Waals surface area contributed by atoms with Gasteiger partial charge in [-0.2, -0.15) is 0 Å². The zero-order valence-corrected chi connectivity index (χ0v) is 8.79. The number of nitrogens with zero attached hydrogens (tertiary/aromatic N) is 1. The first-order chi connectivity index (χ1) is 6.09. The second kappa shape index (κ2) is 4.42. The molecule has 3 heteroatoms. The highest BCUT2D eigenvalue weighted by Gasteiger charge is 2.10. The molecular weight excluding hydrogens is 164 g/mol. The fraction of sp³-hybridized carbons (Fsp3) is 0.700. The predicted molar refractivity (Wildman–Crippen MR) is 52.5 cm³/mol. The molecule has 0 spiro atoms. The maximum Gasteiger partial charge on any atom is 0.211 e. The molecule has 0 radical (unpaired) electrons. The Morgan fingerprint density at radius 1 is 1.46 bits per heavy atom. The van der Waals surface area contributed by atoms with Crippen molar-refractivity contribution in [3.8, 4) is 0 Å². The monoisotopic (exact) mass is 182 g/mol. The van der Waals surface area contributed by atoms with E-state index in [-0.39, 0.29) is 6.04 Å². The fourth-order valence-corrected chi connectivity index (χ4v) is 1.07. The van der Waals surface area contributed by atoms with Crippen molar-refractivity contribution in [2.24, 2.45) is 5.92 Å². The lowest BCUT2D eigenvalue weighted by Crippen LogP contribution is -2.23. The molecule has 1 unspecified atom stereocenters. The number of hydrogen-bond acceptors (Lipinski definition) is 3. The predicted octanol–water partition coefficient (Wildman–Crippen LogP) is 2.29. The molecule has 1 rings (SSSR count). The number of oxazole rings is 1. The van der Waals surface area contributed by atoms with E-state index in [2.05, 4.69) is 31.1 Å². The number of aryl methyl sites for hydroxylation is 1. The highest BCUT2D eigenvalue weighted by atomic mass is 16.4. The summed E-state index contributed by atoms with van der Waals surface area (Å²) in [6, 6.07) is 0.205. The molecule has 74 valence electrons. The van der Waals surface area contributed by atoms with Crippen molar-refractivity contribution in [2.45, 2.75) is 33.7 Å². The summed E-state index contributed by atoms with van der Waals surface area (Å²) in [5.74, 6) is 2.30. The summed E-state index contributed by atoms with van der Waals surface area (Å²) < 4.78 is 5.40. The summed E-state index contributed by atoms with van der Waals surface area (Å²) in [6.07, 6.45) is 1.75. The summed E-state index contributed by atoms with van der Waals surface area (Å²) in [5.41, 5.74) is 0. The van der Waals surface area contributed by atoms with E-state index in [9.17, 15) is 0 Å². The minimum Gasteiger partial charge on any atom is -0.444 e. The summed E-state index contributed by atoms with van der Waals surface area (Å²) in [7, 11) is 0. The lowest BCUT2D eigenvalue weighted by Gasteiger charge is -2.11. The van der Waals surface area contributed by atoms with E-state index in [1.807, 2.05) is 6.92 Å². The average Bonchev–Trinajstić information content (AvgIpc) is 2.47. The third-order valence-electron chi connectivity index (χ3n) is 1.84. The molecule has 0 saturated carbocycles. The molecule has 0 amide bonds. The van der Waals surface area contributed by atoms with Crippen LogP contribution in [0.5, 0.6) is 0 Å². The lowest BCUT2D eigenvalue weighted by atomic mass is 10.2. The third-order valence-corrected chi connectivity index (χ3v) is 1.84. The highest BCUT2D eigenvalue weighted by molar-refractivity contribution is 4.94. The Morgan fingerprint density at radius 2 is 2.15 bits per heavy atom. The first-order valence-corrected chi connectivity index (χ1v) is 4.75. The van der Waals surface area contributed by atoms with Crippen LogP contribution in [0.4, 0.5) is 0 Å². The Kier molecular flexibility index (Phi) is 3.48. The number of rotatable bonds is 4. The minimum atomic E-state index is 0.205. The van der Waals surface area contributed by atoms with E-state index < -0.39 is 0 Å². The van der Waals surface area contributed by atoms with E-state index in [0.29, 0.717) is 5.92 Å². The molecule has 1 atom stereocenters. The van der Waals surface area contributed by atoms with Crippen molar-refractivity contribution in [3.63, 3.8) is 0 Å². The molecule has 1 heterocycles. The molecule has 0 aromatic carbocycles. The topological polar surface area (TPSA) is 38.1 Å². The maximum atomic E-state index is 5.40. The van der Waals surface area contributed by atoms with Crippen LogP contribution in [-0.4, -0.2) is 11.5 Å². The average molecular weight is 182 g/mol. The normalized spacial score (nSPS) is 13.6. The van der Waals surface area contributed by atoms with Gasteiger partial charge in [0.15, 0.2) is 0 Å². The van der Waals surface area contributed by atoms with Crippen molar-refractivity contribution in [1.82, 2.24) is 10.3 Å². The number of aromatic nitrogens is 1. The van der Waals surface area contributed by atoms with Crippen molar-refractivity contribution in [1.29, 1.82) is 0 Å². The van der Waals surface area contributed by atoms with Gasteiger partial charge in [0, 0.05) is 0 Å². The van der Waals surface area contributed by atoms with Crippen LogP contribution in [0.2, 0.25) is 0 Å². The van der Waals surface area contributed by atoms with Crippen LogP contribution >= 0.6 is 0 Å². The van der Waals surface area contributed by atoms with Gasteiger partial charge < -0.3 is 9.73 Å². The van der Waals surface area contributed by atoms with E-state index in [4.69, 9.17) is 4.42 Å². The van der Waals surface area contributed by atoms with Gasteiger partial charge in [0.25, 0.3) is 0 Å². The van der Waals surface area contributed by atoms with E-state index >= 15 is 0 Å². The van der Waals surface area contributed by atoms with E-state index in [0.717, 1.165) is 18.2 Å². The Labute approximate surface area is 79.5 Å². The van der Waals surface area contributed by atoms with Gasteiger partial charge in [0.1, 0.15) is 5.76 Å². The van der Waals surface area contributed by atoms with Gasteiger partial charge in [-0.15, -0.1) is 0 Å². The molecule has 0 fully saturated rings. The van der Waals surface area contributed by atoms with Crippen molar-refractivity contribution >= 4 is 0 Å². The van der Waals surface area contributed by atoms with Gasteiger partial charge in [-0.3, -0.25) is 0 Å². The Morgan fingerprint density at radius 3 is 2.62 bits per heavy atom. The molecule has 1 N–H and O–H groups in total. The molecule has 1 aromatic heterocycles. The minimum absolute atomic E-state index is 0.205. The zero-order chi connectivity index (χ0) is 9.84. The summed E-state index contributed by atoms with van der Waals surface area (Å²) >= 11 is 0. The highest BCUT2D eigenvalue weighted by Crippen LogP contribution is 2.11. The molecule has 0 saturated heterocycles. The standard InChI is InChI=1S/C10H18N2O/c1-7(2)5-11-9(4)10-12-6-8(3)13-10/h6-7,9,11H,5H2,1-4H3. The van der Waals surface area contributed by atoms with Crippen LogP contribution in [0.15, 0.2) is 10.6 Å². The van der Waals surface area contributed by atoms with Crippen molar-refractivity contribution < 1.29 is 4.42 Å². The third kappa shape index (κ3) is 3.19. The number of nitrogens with one attached hydrogen (secondary N) is 1. The molecule has 1 aromatic rings. The van der Waals surface area contributed by atoms with E-state index in [1.54, 1.807) is 6.20 Å². The quantitative estimate of drug-likeness (QED) is 0.776. The molecule has 0 aliphatic heterocycles. The van der Waals surface area contributed by atoms with Gasteiger partial charge in [-0.1, -0.05) is 13.8 Å². The van der Waals surface area contributed by atoms with Crippen LogP contribution in [0.25, 0.3) is 0 Å². The maximum absolute atomic E-state index is 5.40. The van der Waals surface area contributed by atoms with Crippen LogP contribution in [-0.2, 0) is 0 Å². The largest absolute Gasteiger partial charge is 0.444 e. The second-order valence-electron chi connectivity index (χ2n) is 3.83. The molecule has 13 heavy (non-hydrogen) atoms. The van der Waals surface area contributed by atoms with Gasteiger partial charge in [-0.05, 0) is 26.3 Å². The van der Waals surface area contributed by atoms with Crippen molar-refractivity contribution in [2.75, 3.05) is 6.54 Å². The summed E-state index contributed by atoms with van der Waals surface area (Å²) in [4.78, 5) is 4.16. The van der Waals surface area contributed by atoms with Crippen LogP contribution in [0, 0.1) is 12.8 Å². The van der Waals surface area contributed by atoms with Crippen LogP contribution in [0.3, 0.4) is 0 Å². The fourth-order valence-electron chi connectivity index (χ4n) is 1.07. The van der Waals surface area contributed by atoms with Crippen LogP contribution < -0.4 is 5.32 Å². The summed E-state index contributed by atoms with van der Waals surface area (Å²) in [5, 5.41) is 3.36. The van der Waals surface area contributed by atoms with Crippen LogP contribution in [0.1, 0.15) is 38.5 Å². The SMILES string of the molecule is Cc1cnc(C(C)NCC(C)C)o1. The molecule has 3 nitrogen and oxygen atoms in total. The molecule has 0 aliphatic rings. The lowest BCUT2D eigenvalue weighted by molar-refractivity contribution is 0.389. The molecule has 0 aliphatic carbocycles. The number of hydrogen-bond donors (Lipinski definition) is 1. The smallest absolute Gasteiger partial charge is 0.211 e. The molecular formula is C10H18N2O. The first-order valence-electron chi connectivity index (χ1n) is 4.75.